The molecule has 0 nitrogen and oxygen atoms in total. The molecule has 0 aliphatic carbocycles. The Morgan fingerprint density at radius 1 is 0.458 bits per heavy atom. The van der Waals surface area contributed by atoms with Crippen molar-refractivity contribution in [2.24, 2.45) is 0 Å². The number of hydrogen-bond acceptors (Lipinski definition) is 0. The van der Waals surface area contributed by atoms with Crippen molar-refractivity contribution in [1.82, 2.24) is 0 Å². The van der Waals surface area contributed by atoms with Gasteiger partial charge in [0, 0.05) is 42.5 Å². The van der Waals surface area contributed by atoms with E-state index in [1.807, 2.05) is 0 Å². The van der Waals surface area contributed by atoms with Gasteiger partial charge in [0.15, 0.2) is 14.7 Å². The molecule has 0 aliphatic rings. The summed E-state index contributed by atoms with van der Waals surface area (Å²) in [4.78, 5) is 0.663. The predicted octanol–water partition coefficient (Wildman–Crippen LogP) is 5.48. The van der Waals surface area contributed by atoms with Gasteiger partial charge in [0.05, 0.1) is 10.9 Å². The van der Waals surface area contributed by atoms with E-state index in [0.29, 0.717) is 17.0 Å². The van der Waals surface area contributed by atoms with E-state index in [4.69, 9.17) is 0 Å². The average Bonchev–Trinajstić information content (AvgIpc) is 2.45. The zero-order valence-corrected chi connectivity index (χ0v) is 12.9. The highest BCUT2D eigenvalue weighted by molar-refractivity contribution is 7.97. The fourth-order valence-electron chi connectivity index (χ4n) is 2.29. The van der Waals surface area contributed by atoms with Crippen LogP contribution in [0.15, 0.2) is 75.4 Å². The van der Waals surface area contributed by atoms with Crippen LogP contribution in [0.5, 0.6) is 0 Å². The van der Waals surface area contributed by atoms with Crippen molar-refractivity contribution in [1.29, 1.82) is 0 Å². The number of hydrogen-bond donors (Lipinski definition) is 0. The van der Waals surface area contributed by atoms with Crippen LogP contribution in [-0.4, -0.2) is 0 Å². The molecule has 3 rings (SSSR count). The van der Waals surface area contributed by atoms with Gasteiger partial charge in [-0.2, -0.15) is 0 Å². The summed E-state index contributed by atoms with van der Waals surface area (Å²) < 4.78 is 68.0. The van der Waals surface area contributed by atoms with Crippen LogP contribution in [0.25, 0.3) is 0 Å². The van der Waals surface area contributed by atoms with Gasteiger partial charge in [0.25, 0.3) is 0 Å². The van der Waals surface area contributed by atoms with Gasteiger partial charge in [0.1, 0.15) is 29.1 Å². The summed E-state index contributed by atoms with van der Waals surface area (Å²) in [6.07, 6.45) is 0. The van der Waals surface area contributed by atoms with Crippen molar-refractivity contribution in [2.45, 2.75) is 14.7 Å². The van der Waals surface area contributed by atoms with E-state index >= 15 is 0 Å². The molecule has 0 atom stereocenters. The Balaban J connectivity index is 2.24. The molecule has 0 heterocycles. The van der Waals surface area contributed by atoms with Gasteiger partial charge in [-0.15, -0.1) is 0 Å². The first-order valence-corrected chi connectivity index (χ1v) is 8.07. The molecule has 0 N–H and O–H groups in total. The summed E-state index contributed by atoms with van der Waals surface area (Å²) in [5.41, 5.74) is 0. The second-order valence-corrected chi connectivity index (χ2v) is 7.00. The van der Waals surface area contributed by atoms with Crippen molar-refractivity contribution in [2.75, 3.05) is 0 Å². The highest BCUT2D eigenvalue weighted by atomic mass is 32.2. The van der Waals surface area contributed by atoms with Crippen molar-refractivity contribution in [3.05, 3.63) is 89.7 Å². The lowest BCUT2D eigenvalue weighted by molar-refractivity contribution is 0.576. The largest absolute Gasteiger partial charge is 0.207 e. The van der Waals surface area contributed by atoms with E-state index in [1.54, 1.807) is 0 Å². The van der Waals surface area contributed by atoms with Gasteiger partial charge in [0.2, 0.25) is 0 Å². The Labute approximate surface area is 137 Å². The van der Waals surface area contributed by atoms with Crippen LogP contribution in [0.2, 0.25) is 0 Å². The van der Waals surface area contributed by atoms with E-state index in [0.717, 1.165) is 24.3 Å². The summed E-state index contributed by atoms with van der Waals surface area (Å²) in [6, 6.07) is 11.0. The summed E-state index contributed by atoms with van der Waals surface area (Å²) in [5.74, 6) is -3.85. The highest BCUT2D eigenvalue weighted by Crippen LogP contribution is 2.33. The second kappa shape index (κ2) is 6.65. The third-order valence-corrected chi connectivity index (χ3v) is 5.31. The Morgan fingerprint density at radius 2 is 0.875 bits per heavy atom. The topological polar surface area (TPSA) is 0 Å². The molecule has 0 saturated heterocycles. The number of rotatable bonds is 3. The number of halogens is 5. The fraction of sp³-hybridized carbons (Fsp3) is 0. The van der Waals surface area contributed by atoms with Gasteiger partial charge in [-0.1, -0.05) is 6.07 Å². The summed E-state index contributed by atoms with van der Waals surface area (Å²) in [6.45, 7) is 0. The Morgan fingerprint density at radius 3 is 1.29 bits per heavy atom. The molecule has 0 fully saturated rings. The van der Waals surface area contributed by atoms with Crippen molar-refractivity contribution in [3.8, 4) is 0 Å². The van der Waals surface area contributed by atoms with Crippen LogP contribution in [0.3, 0.4) is 0 Å². The van der Waals surface area contributed by atoms with E-state index < -0.39 is 40.0 Å². The molecule has 0 aromatic heterocycles. The lowest BCUT2D eigenvalue weighted by atomic mass is 10.3. The molecule has 0 spiro atoms. The maximum Gasteiger partial charge on any atom is 0.172 e. The summed E-state index contributed by atoms with van der Waals surface area (Å²) >= 11 is 0. The van der Waals surface area contributed by atoms with Crippen LogP contribution in [0, 0.1) is 29.1 Å². The fourth-order valence-corrected chi connectivity index (χ4v) is 4.48. The van der Waals surface area contributed by atoms with Crippen LogP contribution in [-0.2, 0) is 10.9 Å². The quantitative estimate of drug-likeness (QED) is 0.432. The van der Waals surface area contributed by atoms with Crippen molar-refractivity contribution >= 4 is 10.9 Å². The lowest BCUT2D eigenvalue weighted by Crippen LogP contribution is -2.07. The predicted molar refractivity (Wildman–Crippen MR) is 81.3 cm³/mol. The van der Waals surface area contributed by atoms with Gasteiger partial charge >= 0.3 is 0 Å². The molecule has 3 aromatic carbocycles. The molecule has 3 aromatic rings. The minimum atomic E-state index is -1.27. The monoisotopic (exact) mass is 353 g/mol. The van der Waals surface area contributed by atoms with E-state index in [9.17, 15) is 22.0 Å². The van der Waals surface area contributed by atoms with E-state index in [-0.39, 0.29) is 9.79 Å². The molecule has 0 amide bonds. The van der Waals surface area contributed by atoms with Crippen molar-refractivity contribution < 1.29 is 22.0 Å². The average molecular weight is 353 g/mol. The third-order valence-electron chi connectivity index (χ3n) is 3.18. The Bertz CT molecular complexity index is 802. The summed E-state index contributed by atoms with van der Waals surface area (Å²) in [7, 11) is -1.27. The van der Waals surface area contributed by atoms with Crippen LogP contribution >= 0.6 is 0 Å². The van der Waals surface area contributed by atoms with Crippen molar-refractivity contribution in [3.63, 3.8) is 0 Å². The standard InChI is InChI=1S/C18H10F5S/c19-11-2-1-3-16(6-11)24(17-7-12(20)4-13(21)8-17)18-9-14(22)5-15(23)10-18/h1-10H/q+1. The first-order chi connectivity index (χ1) is 11.4. The molecule has 0 bridgehead atoms. The zero-order chi connectivity index (χ0) is 17.3. The highest BCUT2D eigenvalue weighted by Gasteiger charge is 2.31. The van der Waals surface area contributed by atoms with Crippen LogP contribution in [0.4, 0.5) is 22.0 Å². The molecule has 0 saturated carbocycles. The molecule has 0 radical (unpaired) electrons. The molecule has 0 aliphatic heterocycles. The first-order valence-electron chi connectivity index (χ1n) is 6.84. The maximum absolute atomic E-state index is 13.6. The smallest absolute Gasteiger partial charge is 0.172 e. The van der Waals surface area contributed by atoms with Crippen LogP contribution < -0.4 is 0 Å². The SMILES string of the molecule is Fc1cccc([S+](c2cc(F)cc(F)c2)c2cc(F)cc(F)c2)c1. The third kappa shape index (κ3) is 3.59. The van der Waals surface area contributed by atoms with Gasteiger partial charge in [-0.3, -0.25) is 0 Å². The van der Waals surface area contributed by atoms with Gasteiger partial charge in [-0.05, 0) is 12.1 Å². The minimum absolute atomic E-state index is 0.156. The Hall–Kier alpha value is -2.34. The van der Waals surface area contributed by atoms with Gasteiger partial charge < -0.3 is 0 Å². The molecular formula is C18H10F5S+. The normalized spacial score (nSPS) is 11.1. The van der Waals surface area contributed by atoms with E-state index in [2.05, 4.69) is 0 Å². The van der Waals surface area contributed by atoms with Crippen LogP contribution in [0.1, 0.15) is 0 Å². The first kappa shape index (κ1) is 16.5. The summed E-state index contributed by atoms with van der Waals surface area (Å²) in [5, 5.41) is 0. The molecule has 0 unspecified atom stereocenters. The van der Waals surface area contributed by atoms with Gasteiger partial charge in [-0.25, -0.2) is 22.0 Å². The lowest BCUT2D eigenvalue weighted by Gasteiger charge is -2.09. The molecular weight excluding hydrogens is 343 g/mol. The Kier molecular flexibility index (Phi) is 4.57. The molecule has 122 valence electrons. The molecule has 6 heteroatoms. The second-order valence-electron chi connectivity index (χ2n) is 4.97. The maximum atomic E-state index is 13.6. The zero-order valence-electron chi connectivity index (χ0n) is 12.1. The molecule has 24 heavy (non-hydrogen) atoms. The number of benzene rings is 3. The van der Waals surface area contributed by atoms with E-state index in [1.165, 1.54) is 24.3 Å². The minimum Gasteiger partial charge on any atom is -0.207 e.